The van der Waals surface area contributed by atoms with Crippen LogP contribution in [0, 0.1) is 0 Å². The molecule has 47 heavy (non-hydrogen) atoms. The number of amides is 1. The maximum atomic E-state index is 12.8. The van der Waals surface area contributed by atoms with E-state index in [-0.39, 0.29) is 19.1 Å². The summed E-state index contributed by atoms with van der Waals surface area (Å²) in [5.74, 6) is -0.190. The molecule has 8 nitrogen and oxygen atoms in total. The van der Waals surface area contributed by atoms with Gasteiger partial charge in [0, 0.05) is 6.42 Å². The Morgan fingerprint density at radius 2 is 1.17 bits per heavy atom. The molecule has 0 bridgehead atoms. The van der Waals surface area contributed by atoms with Crippen molar-refractivity contribution in [2.24, 2.45) is 0 Å². The van der Waals surface area contributed by atoms with Gasteiger partial charge < -0.3 is 19.8 Å². The normalized spacial score (nSPS) is 15.0. The maximum absolute atomic E-state index is 12.8. The second kappa shape index (κ2) is 31.0. The van der Waals surface area contributed by atoms with E-state index in [1.165, 1.54) is 103 Å². The molecule has 3 unspecified atom stereocenters. The number of nitrogens with zero attached hydrogens (tertiary/aromatic N) is 1. The number of likely N-dealkylation sites (N-methyl/N-ethyl adjacent to an activating group) is 1. The van der Waals surface area contributed by atoms with Crippen LogP contribution in [0.25, 0.3) is 0 Å². The van der Waals surface area contributed by atoms with E-state index in [1.807, 2.05) is 27.2 Å². The fraction of sp³-hybridized carbons (Fsp3) is 0.868. The Morgan fingerprint density at radius 1 is 0.702 bits per heavy atom. The first-order valence-corrected chi connectivity index (χ1v) is 20.7. The molecule has 0 aliphatic rings. The van der Waals surface area contributed by atoms with E-state index in [0.29, 0.717) is 17.4 Å². The molecule has 0 aliphatic heterocycles. The molecule has 1 amide bonds. The zero-order chi connectivity index (χ0) is 35.1. The van der Waals surface area contributed by atoms with Gasteiger partial charge in [-0.1, -0.05) is 147 Å². The minimum absolute atomic E-state index is 0.0577. The van der Waals surface area contributed by atoms with Crippen LogP contribution < -0.4 is 5.32 Å². The Labute approximate surface area is 290 Å². The SMILES string of the molecule is CCCCCCCCC/C=C/CC/C=C/C(O)C(COP(=O)(O)OCC[N+](C)(C)C)NC(=O)CCCCCCCCCCCCCC. The molecule has 0 rings (SSSR count). The number of hydrogen-bond acceptors (Lipinski definition) is 5. The van der Waals surface area contributed by atoms with E-state index in [0.717, 1.165) is 38.5 Å². The summed E-state index contributed by atoms with van der Waals surface area (Å²) in [5.41, 5.74) is 0. The summed E-state index contributed by atoms with van der Waals surface area (Å²) in [4.78, 5) is 22.9. The highest BCUT2D eigenvalue weighted by Crippen LogP contribution is 2.43. The molecule has 0 saturated carbocycles. The summed E-state index contributed by atoms with van der Waals surface area (Å²) in [6, 6.07) is -0.855. The number of quaternary nitrogens is 1. The van der Waals surface area contributed by atoms with E-state index in [9.17, 15) is 19.4 Å². The highest BCUT2D eigenvalue weighted by atomic mass is 31.2. The summed E-state index contributed by atoms with van der Waals surface area (Å²) < 4.78 is 23.4. The Morgan fingerprint density at radius 3 is 1.70 bits per heavy atom. The van der Waals surface area contributed by atoms with Gasteiger partial charge >= 0.3 is 7.82 Å². The Hall–Kier alpha value is -1.02. The third kappa shape index (κ3) is 33.3. The average molecular weight is 688 g/mol. The number of phosphoric ester groups is 1. The molecule has 0 radical (unpaired) electrons. The first-order chi connectivity index (χ1) is 22.5. The summed E-state index contributed by atoms with van der Waals surface area (Å²) in [6.07, 6.45) is 33.8. The predicted molar refractivity (Wildman–Crippen MR) is 198 cm³/mol. The molecular formula is C38H76N2O6P+. The topological polar surface area (TPSA) is 105 Å². The van der Waals surface area contributed by atoms with Crippen LogP contribution in [-0.2, 0) is 18.4 Å². The van der Waals surface area contributed by atoms with Crippen molar-refractivity contribution in [1.29, 1.82) is 0 Å². The van der Waals surface area contributed by atoms with Gasteiger partial charge in [0.1, 0.15) is 13.2 Å². The van der Waals surface area contributed by atoms with Crippen molar-refractivity contribution in [3.05, 3.63) is 24.3 Å². The van der Waals surface area contributed by atoms with Crippen molar-refractivity contribution in [1.82, 2.24) is 5.32 Å². The van der Waals surface area contributed by atoms with E-state index in [4.69, 9.17) is 9.05 Å². The van der Waals surface area contributed by atoms with E-state index < -0.39 is 20.0 Å². The summed E-state index contributed by atoms with van der Waals surface area (Å²) in [5, 5.41) is 13.7. The fourth-order valence-electron chi connectivity index (χ4n) is 5.29. The number of carbonyl (C=O) groups excluding carboxylic acids is 1. The van der Waals surface area contributed by atoms with Gasteiger partial charge in [-0.25, -0.2) is 4.57 Å². The second-order valence-electron chi connectivity index (χ2n) is 14.3. The lowest BCUT2D eigenvalue weighted by atomic mass is 10.0. The maximum Gasteiger partial charge on any atom is 0.472 e. The van der Waals surface area contributed by atoms with Crippen molar-refractivity contribution in [2.45, 2.75) is 174 Å². The van der Waals surface area contributed by atoms with Gasteiger partial charge in [-0.05, 0) is 32.1 Å². The van der Waals surface area contributed by atoms with E-state index >= 15 is 0 Å². The number of nitrogens with one attached hydrogen (secondary N) is 1. The lowest BCUT2D eigenvalue weighted by molar-refractivity contribution is -0.870. The molecule has 0 heterocycles. The van der Waals surface area contributed by atoms with Gasteiger partial charge in [0.15, 0.2) is 0 Å². The van der Waals surface area contributed by atoms with Crippen molar-refractivity contribution < 1.29 is 32.9 Å². The van der Waals surface area contributed by atoms with Crippen molar-refractivity contribution in [3.63, 3.8) is 0 Å². The van der Waals surface area contributed by atoms with Crippen LogP contribution in [-0.4, -0.2) is 73.4 Å². The quantitative estimate of drug-likeness (QED) is 0.0269. The second-order valence-corrected chi connectivity index (χ2v) is 15.8. The third-order valence-corrected chi connectivity index (χ3v) is 9.41. The molecule has 0 aliphatic carbocycles. The number of carbonyl (C=O) groups is 1. The smallest absolute Gasteiger partial charge is 0.387 e. The lowest BCUT2D eigenvalue weighted by Crippen LogP contribution is -2.45. The van der Waals surface area contributed by atoms with Crippen LogP contribution in [0.4, 0.5) is 0 Å². The largest absolute Gasteiger partial charge is 0.472 e. The predicted octanol–water partition coefficient (Wildman–Crippen LogP) is 9.80. The first-order valence-electron chi connectivity index (χ1n) is 19.2. The van der Waals surface area contributed by atoms with Crippen molar-refractivity contribution in [2.75, 3.05) is 40.9 Å². The Bertz CT molecular complexity index is 829. The van der Waals surface area contributed by atoms with Crippen LogP contribution >= 0.6 is 7.82 Å². The standard InChI is InChI=1S/C38H75N2O6P/c1-6-8-10-12-14-16-18-20-21-23-25-27-29-31-37(41)36(35-46-47(43,44)45-34-33-40(3,4)5)39-38(42)32-30-28-26-24-22-19-17-15-13-11-9-7-2/h21,23,29,31,36-37,41H,6-20,22,24-28,30,32-35H2,1-5H3,(H-,39,42,43,44)/p+1/b23-21+,31-29+. The third-order valence-electron chi connectivity index (χ3n) is 8.42. The number of aliphatic hydroxyl groups excluding tert-OH is 1. The molecule has 0 aromatic rings. The number of rotatable bonds is 34. The van der Waals surface area contributed by atoms with Crippen LogP contribution in [0.1, 0.15) is 162 Å². The van der Waals surface area contributed by atoms with Crippen LogP contribution in [0.3, 0.4) is 0 Å². The van der Waals surface area contributed by atoms with Gasteiger partial charge in [0.25, 0.3) is 0 Å². The zero-order valence-electron chi connectivity index (χ0n) is 31.3. The number of unbranched alkanes of at least 4 members (excludes halogenated alkanes) is 19. The van der Waals surface area contributed by atoms with Gasteiger partial charge in [-0.3, -0.25) is 13.8 Å². The van der Waals surface area contributed by atoms with Gasteiger partial charge in [0.05, 0.1) is 39.9 Å². The van der Waals surface area contributed by atoms with Crippen LogP contribution in [0.5, 0.6) is 0 Å². The molecule has 0 aromatic carbocycles. The zero-order valence-corrected chi connectivity index (χ0v) is 32.2. The molecule has 9 heteroatoms. The molecule has 0 fully saturated rings. The van der Waals surface area contributed by atoms with Crippen molar-refractivity contribution >= 4 is 13.7 Å². The van der Waals surface area contributed by atoms with Crippen LogP contribution in [0.2, 0.25) is 0 Å². The van der Waals surface area contributed by atoms with Gasteiger partial charge in [0.2, 0.25) is 5.91 Å². The van der Waals surface area contributed by atoms with E-state index in [1.54, 1.807) is 6.08 Å². The fourth-order valence-corrected chi connectivity index (χ4v) is 6.03. The van der Waals surface area contributed by atoms with Gasteiger partial charge in [-0.15, -0.1) is 0 Å². The number of hydrogen-bond donors (Lipinski definition) is 3. The molecule has 3 N–H and O–H groups in total. The lowest BCUT2D eigenvalue weighted by Gasteiger charge is -2.25. The van der Waals surface area contributed by atoms with Gasteiger partial charge in [-0.2, -0.15) is 0 Å². The summed E-state index contributed by atoms with van der Waals surface area (Å²) >= 11 is 0. The minimum atomic E-state index is -4.33. The van der Waals surface area contributed by atoms with Crippen molar-refractivity contribution in [3.8, 4) is 0 Å². The minimum Gasteiger partial charge on any atom is -0.387 e. The Kier molecular flexibility index (Phi) is 30.3. The van der Waals surface area contributed by atoms with E-state index in [2.05, 4.69) is 31.3 Å². The summed E-state index contributed by atoms with van der Waals surface area (Å²) in [6.45, 7) is 4.76. The molecule has 3 atom stereocenters. The highest BCUT2D eigenvalue weighted by Gasteiger charge is 2.27. The average Bonchev–Trinajstić information content (AvgIpc) is 3.01. The molecule has 278 valence electrons. The monoisotopic (exact) mass is 688 g/mol. The molecular weight excluding hydrogens is 611 g/mol. The first kappa shape index (κ1) is 46.0. The number of phosphoric acid groups is 1. The Balaban J connectivity index is 4.59. The molecule has 0 aromatic heterocycles. The summed E-state index contributed by atoms with van der Waals surface area (Å²) in [7, 11) is 1.55. The number of aliphatic hydroxyl groups is 1. The number of allylic oxidation sites excluding steroid dienone is 3. The molecule has 0 saturated heterocycles. The highest BCUT2D eigenvalue weighted by molar-refractivity contribution is 7.47. The van der Waals surface area contributed by atoms with Crippen LogP contribution in [0.15, 0.2) is 24.3 Å². The molecule has 0 spiro atoms.